The number of hydrogen-bond acceptors (Lipinski definition) is 10. The van der Waals surface area contributed by atoms with Crippen LogP contribution in [0, 0.1) is 13.8 Å². The van der Waals surface area contributed by atoms with Crippen LogP contribution in [0.1, 0.15) is 22.2 Å². The Balaban J connectivity index is 1.68. The molecule has 158 valence electrons. The normalized spacial score (nSPS) is 17.4. The molecule has 2 aliphatic heterocycles. The summed E-state index contributed by atoms with van der Waals surface area (Å²) in [6, 6.07) is 0. The number of aryl methyl sites for hydroxylation is 1. The molecule has 0 fully saturated rings. The fraction of sp³-hybridized carbons (Fsp3) is 0.611. The molecule has 2 aromatic heterocycles. The summed E-state index contributed by atoms with van der Waals surface area (Å²) in [5.41, 5.74) is 5.97. The third-order valence-electron chi connectivity index (χ3n) is 5.01. The Kier molecular flexibility index (Phi) is 6.12. The molecule has 0 radical (unpaired) electrons. The number of anilines is 1. The molecule has 29 heavy (non-hydrogen) atoms. The van der Waals surface area contributed by atoms with Crippen molar-refractivity contribution in [3.63, 3.8) is 0 Å². The van der Waals surface area contributed by atoms with Crippen LogP contribution in [0.5, 0.6) is 0 Å². The van der Waals surface area contributed by atoms with E-state index in [0.29, 0.717) is 0 Å². The molecule has 11 heteroatoms. The quantitative estimate of drug-likeness (QED) is 0.643. The van der Waals surface area contributed by atoms with Gasteiger partial charge in [0.1, 0.15) is 5.00 Å². The Hall–Kier alpha value is -1.27. The minimum Gasteiger partial charge on any atom is -0.309 e. The summed E-state index contributed by atoms with van der Waals surface area (Å²) in [5, 5.41) is 17.0. The first-order valence-electron chi connectivity index (χ1n) is 9.61. The van der Waals surface area contributed by atoms with Gasteiger partial charge in [-0.25, -0.2) is 4.57 Å². The Morgan fingerprint density at radius 2 is 1.72 bits per heavy atom. The maximum absolute atomic E-state index is 4.67. The van der Waals surface area contributed by atoms with Crippen molar-refractivity contribution in [2.24, 2.45) is 5.10 Å². The van der Waals surface area contributed by atoms with Crippen molar-refractivity contribution in [3.05, 3.63) is 16.0 Å². The standard InChI is InChI=1S/C18H28N8S3/c1-11-12(2)29-15-13(11)14-19-21-17(27-9-7-23(3)4)25(14)16-20-22-18(26(15)16)28-10-8-24(5)6/h14,19H,7-10H2,1-6H3. The van der Waals surface area contributed by atoms with Crippen molar-refractivity contribution in [1.82, 2.24) is 30.0 Å². The molecule has 0 amide bonds. The molecule has 0 aromatic carbocycles. The smallest absolute Gasteiger partial charge is 0.241 e. The van der Waals surface area contributed by atoms with E-state index in [9.17, 15) is 0 Å². The van der Waals surface area contributed by atoms with E-state index in [4.69, 9.17) is 0 Å². The second-order valence-electron chi connectivity index (χ2n) is 7.72. The zero-order valence-electron chi connectivity index (χ0n) is 17.8. The molecule has 1 atom stereocenters. The summed E-state index contributed by atoms with van der Waals surface area (Å²) < 4.78 is 2.23. The van der Waals surface area contributed by atoms with Crippen molar-refractivity contribution in [1.29, 1.82) is 0 Å². The first kappa shape index (κ1) is 21.0. The van der Waals surface area contributed by atoms with Gasteiger partial charge < -0.3 is 9.80 Å². The second-order valence-corrected chi connectivity index (χ2v) is 11.0. The number of nitrogens with one attached hydrogen (secondary N) is 1. The average molecular weight is 453 g/mol. The molecule has 1 N–H and O–H groups in total. The van der Waals surface area contributed by atoms with Crippen LogP contribution in [0.15, 0.2) is 10.3 Å². The molecule has 0 saturated carbocycles. The van der Waals surface area contributed by atoms with Crippen LogP contribution in [0.25, 0.3) is 5.00 Å². The molecule has 0 spiro atoms. The lowest BCUT2D eigenvalue weighted by atomic mass is 10.1. The first-order chi connectivity index (χ1) is 13.9. The minimum absolute atomic E-state index is 0.00636. The molecule has 1 unspecified atom stereocenters. The minimum atomic E-state index is -0.00636. The highest BCUT2D eigenvalue weighted by Crippen LogP contribution is 2.47. The van der Waals surface area contributed by atoms with E-state index in [0.717, 1.165) is 40.9 Å². The number of aromatic nitrogens is 3. The molecule has 4 rings (SSSR count). The molecule has 0 saturated heterocycles. The monoisotopic (exact) mass is 452 g/mol. The lowest BCUT2D eigenvalue weighted by molar-refractivity contribution is 0.437. The van der Waals surface area contributed by atoms with Crippen molar-refractivity contribution in [2.75, 3.05) is 57.7 Å². The molecule has 8 nitrogen and oxygen atoms in total. The summed E-state index contributed by atoms with van der Waals surface area (Å²) >= 11 is 5.34. The van der Waals surface area contributed by atoms with Crippen LogP contribution < -0.4 is 10.3 Å². The largest absolute Gasteiger partial charge is 0.309 e. The van der Waals surface area contributed by atoms with Gasteiger partial charge in [0.05, 0.1) is 0 Å². The van der Waals surface area contributed by atoms with Crippen LogP contribution >= 0.6 is 34.9 Å². The van der Waals surface area contributed by atoms with Crippen molar-refractivity contribution in [3.8, 4) is 5.00 Å². The van der Waals surface area contributed by atoms with Crippen molar-refractivity contribution >= 4 is 46.0 Å². The van der Waals surface area contributed by atoms with E-state index in [1.54, 1.807) is 23.5 Å². The highest BCUT2D eigenvalue weighted by Gasteiger charge is 2.43. The van der Waals surface area contributed by atoms with Crippen LogP contribution in [0.4, 0.5) is 5.95 Å². The highest BCUT2D eigenvalue weighted by atomic mass is 32.2. The maximum Gasteiger partial charge on any atom is 0.241 e. The summed E-state index contributed by atoms with van der Waals surface area (Å²) in [5.74, 6) is 2.81. The van der Waals surface area contributed by atoms with E-state index < -0.39 is 0 Å². The third kappa shape index (κ3) is 3.90. The van der Waals surface area contributed by atoms with Gasteiger partial charge in [0.2, 0.25) is 5.95 Å². The lowest BCUT2D eigenvalue weighted by Crippen LogP contribution is -2.38. The molecule has 2 aromatic rings. The number of rotatable bonds is 7. The van der Waals surface area contributed by atoms with Gasteiger partial charge in [-0.3, -0.25) is 10.3 Å². The summed E-state index contributed by atoms with van der Waals surface area (Å²) in [6.45, 7) is 6.40. The van der Waals surface area contributed by atoms with Gasteiger partial charge in [-0.1, -0.05) is 23.5 Å². The number of hydrogen-bond donors (Lipinski definition) is 1. The van der Waals surface area contributed by atoms with Gasteiger partial charge in [-0.05, 0) is 47.6 Å². The number of fused-ring (bicyclic) bond motifs is 6. The fourth-order valence-corrected chi connectivity index (χ4v) is 6.65. The van der Waals surface area contributed by atoms with Crippen LogP contribution in [-0.4, -0.2) is 82.5 Å². The molecular weight excluding hydrogens is 424 g/mol. The fourth-order valence-electron chi connectivity index (χ4n) is 3.28. The Morgan fingerprint density at radius 1 is 1.03 bits per heavy atom. The van der Waals surface area contributed by atoms with Gasteiger partial charge in [-0.15, -0.1) is 21.5 Å². The third-order valence-corrected chi connectivity index (χ3v) is 8.06. The van der Waals surface area contributed by atoms with Crippen molar-refractivity contribution < 1.29 is 0 Å². The zero-order valence-corrected chi connectivity index (χ0v) is 20.2. The number of nitrogens with zero attached hydrogens (tertiary/aromatic N) is 7. The van der Waals surface area contributed by atoms with Crippen LogP contribution in [0.2, 0.25) is 0 Å². The van der Waals surface area contributed by atoms with Gasteiger partial charge in [0, 0.05) is 35.0 Å². The number of hydrazone groups is 1. The van der Waals surface area contributed by atoms with E-state index in [1.807, 2.05) is 11.3 Å². The molecular formula is C18H28N8S3. The first-order valence-corrected chi connectivity index (χ1v) is 12.4. The summed E-state index contributed by atoms with van der Waals surface area (Å²) in [4.78, 5) is 7.93. The molecule has 0 bridgehead atoms. The Labute approximate surface area is 184 Å². The van der Waals surface area contributed by atoms with Crippen LogP contribution in [0.3, 0.4) is 0 Å². The van der Waals surface area contributed by atoms with Gasteiger partial charge in [0.25, 0.3) is 0 Å². The number of thiophene rings is 1. The topological polar surface area (TPSA) is 64.8 Å². The highest BCUT2D eigenvalue weighted by molar-refractivity contribution is 8.14. The van der Waals surface area contributed by atoms with E-state index in [2.05, 4.69) is 82.0 Å². The average Bonchev–Trinajstić information content (AvgIpc) is 3.32. The van der Waals surface area contributed by atoms with Crippen molar-refractivity contribution in [2.45, 2.75) is 25.2 Å². The van der Waals surface area contributed by atoms with E-state index in [-0.39, 0.29) is 6.17 Å². The maximum atomic E-state index is 4.67. The van der Waals surface area contributed by atoms with Gasteiger partial charge in [-0.2, -0.15) is 5.10 Å². The summed E-state index contributed by atoms with van der Waals surface area (Å²) in [7, 11) is 8.38. The SMILES string of the molecule is Cc1sc2c(c1C)C1NN=C(SCCN(C)C)N1c1nnc(SCCN(C)C)n1-2. The van der Waals surface area contributed by atoms with Crippen LogP contribution in [-0.2, 0) is 0 Å². The van der Waals surface area contributed by atoms with Gasteiger partial charge in [0.15, 0.2) is 16.5 Å². The van der Waals surface area contributed by atoms with E-state index in [1.165, 1.54) is 21.0 Å². The van der Waals surface area contributed by atoms with E-state index >= 15 is 0 Å². The predicted molar refractivity (Wildman–Crippen MR) is 125 cm³/mol. The molecule has 0 aliphatic carbocycles. The summed E-state index contributed by atoms with van der Waals surface area (Å²) in [6.07, 6.45) is -0.00636. The lowest BCUT2D eigenvalue weighted by Gasteiger charge is -2.31. The van der Waals surface area contributed by atoms with Gasteiger partial charge >= 0.3 is 0 Å². The zero-order chi connectivity index (χ0) is 20.7. The number of amidine groups is 1. The Bertz CT molecular complexity index is 917. The second kappa shape index (κ2) is 8.46. The molecule has 2 aliphatic rings. The number of thioether (sulfide) groups is 2. The predicted octanol–water partition coefficient (Wildman–Crippen LogP) is 2.59. The molecule has 4 heterocycles. The Morgan fingerprint density at radius 3 is 2.41 bits per heavy atom.